The highest BCUT2D eigenvalue weighted by atomic mass is 32.1. The predicted octanol–water partition coefficient (Wildman–Crippen LogP) is 6.36. The number of hydrogen-bond acceptors (Lipinski definition) is 15. The Labute approximate surface area is 235 Å². The molecule has 40 heavy (non-hydrogen) atoms. The molecule has 8 aromatic rings. The summed E-state index contributed by atoms with van der Waals surface area (Å²) in [5, 5.41) is 23.8. The summed E-state index contributed by atoms with van der Waals surface area (Å²) in [4.78, 5) is 14.3. The summed E-state index contributed by atoms with van der Waals surface area (Å²) in [6.45, 7) is 0. The van der Waals surface area contributed by atoms with Gasteiger partial charge in [0.1, 0.15) is 40.3 Å². The van der Waals surface area contributed by atoms with Crippen molar-refractivity contribution in [2.45, 2.75) is 0 Å². The van der Waals surface area contributed by atoms with E-state index in [4.69, 9.17) is 27.8 Å². The molecule has 7 aromatic heterocycles. The van der Waals surface area contributed by atoms with Gasteiger partial charge in [-0.2, -0.15) is 4.37 Å². The van der Waals surface area contributed by atoms with Gasteiger partial charge in [0.25, 0.3) is 0 Å². The van der Waals surface area contributed by atoms with Crippen LogP contribution in [0.2, 0.25) is 0 Å². The molecule has 0 amide bonds. The van der Waals surface area contributed by atoms with Crippen molar-refractivity contribution in [2.24, 2.45) is 0 Å². The van der Waals surface area contributed by atoms with E-state index in [1.165, 1.54) is 53.2 Å². The third-order valence-electron chi connectivity index (χ3n) is 6.19. The van der Waals surface area contributed by atoms with Gasteiger partial charge >= 0.3 is 0 Å². The number of fused-ring (bicyclic) bond motifs is 1. The molecule has 0 radical (unpaired) electrons. The average Bonchev–Trinajstić information content (AvgIpc) is 3.81. The second-order valence-electron chi connectivity index (χ2n) is 8.30. The van der Waals surface area contributed by atoms with Crippen molar-refractivity contribution in [3.05, 3.63) is 65.5 Å². The van der Waals surface area contributed by atoms with Gasteiger partial charge in [-0.1, -0.05) is 9.64 Å². The van der Waals surface area contributed by atoms with E-state index in [9.17, 15) is 0 Å². The van der Waals surface area contributed by atoms with E-state index >= 15 is 0 Å². The zero-order valence-electron chi connectivity index (χ0n) is 19.8. The second kappa shape index (κ2) is 9.33. The fourth-order valence-corrected chi connectivity index (χ4v) is 6.35. The lowest BCUT2D eigenvalue weighted by molar-refractivity contribution is 0.393. The Kier molecular flexibility index (Phi) is 5.35. The first-order valence-electron chi connectivity index (χ1n) is 11.6. The minimum atomic E-state index is 0.399. The molecule has 1 aromatic carbocycles. The van der Waals surface area contributed by atoms with Crippen molar-refractivity contribution >= 4 is 45.3 Å². The molecule has 0 saturated heterocycles. The fraction of sp³-hybridized carbons (Fsp3) is 0. The molecule has 0 atom stereocenters. The van der Waals surface area contributed by atoms with Crippen molar-refractivity contribution in [2.75, 3.05) is 0 Å². The molecule has 0 aliphatic heterocycles. The van der Waals surface area contributed by atoms with Crippen LogP contribution in [0.25, 0.3) is 78.1 Å². The van der Waals surface area contributed by atoms with E-state index in [2.05, 4.69) is 30.1 Å². The molecule has 0 aliphatic rings. The predicted molar refractivity (Wildman–Crippen MR) is 147 cm³/mol. The van der Waals surface area contributed by atoms with E-state index in [1.807, 2.05) is 28.3 Å². The molecule has 192 valence electrons. The van der Waals surface area contributed by atoms with Crippen LogP contribution in [0.4, 0.5) is 0 Å². The molecule has 12 nitrogen and oxygen atoms in total. The van der Waals surface area contributed by atoms with E-state index in [0.29, 0.717) is 51.0 Å². The smallest absolute Gasteiger partial charge is 0.226 e. The normalized spacial score (nSPS) is 11.5. The maximum absolute atomic E-state index is 5.79. The summed E-state index contributed by atoms with van der Waals surface area (Å²) in [6.07, 6.45) is 7.87. The van der Waals surface area contributed by atoms with E-state index in [1.54, 1.807) is 18.5 Å². The number of pyridine rings is 1. The molecule has 0 spiro atoms. The molecule has 0 bridgehead atoms. The van der Waals surface area contributed by atoms with Crippen LogP contribution in [0, 0.1) is 0 Å². The lowest BCUT2D eigenvalue weighted by Crippen LogP contribution is -2.01. The Balaban J connectivity index is 1.65. The topological polar surface area (TPSA) is 155 Å². The highest BCUT2D eigenvalue weighted by molar-refractivity contribution is 7.13. The van der Waals surface area contributed by atoms with Gasteiger partial charge in [-0.25, -0.2) is 15.0 Å². The number of thiazole rings is 1. The molecule has 8 rings (SSSR count). The Morgan fingerprint density at radius 1 is 0.775 bits per heavy atom. The number of benzene rings is 1. The molecule has 0 unspecified atom stereocenters. The van der Waals surface area contributed by atoms with Crippen LogP contribution in [0.5, 0.6) is 0 Å². The number of rotatable bonds is 6. The van der Waals surface area contributed by atoms with Crippen molar-refractivity contribution in [3.8, 4) is 67.2 Å². The van der Waals surface area contributed by atoms with Crippen molar-refractivity contribution in [1.82, 2.24) is 44.4 Å². The maximum atomic E-state index is 5.79. The largest absolute Gasteiger partial charge is 0.445 e. The minimum absolute atomic E-state index is 0.399. The number of oxazole rings is 1. The van der Waals surface area contributed by atoms with E-state index in [-0.39, 0.29) is 0 Å². The third kappa shape index (κ3) is 3.59. The van der Waals surface area contributed by atoms with Gasteiger partial charge in [-0.05, 0) is 35.2 Å². The summed E-state index contributed by atoms with van der Waals surface area (Å²) in [5.41, 5.74) is 7.13. The maximum Gasteiger partial charge on any atom is 0.226 e. The van der Waals surface area contributed by atoms with Crippen molar-refractivity contribution in [1.29, 1.82) is 0 Å². The Morgan fingerprint density at radius 3 is 2.48 bits per heavy atom. The van der Waals surface area contributed by atoms with Crippen LogP contribution >= 0.6 is 34.4 Å². The average molecular weight is 582 g/mol. The second-order valence-corrected chi connectivity index (χ2v) is 10.5. The van der Waals surface area contributed by atoms with Crippen LogP contribution in [0.3, 0.4) is 0 Å². The SMILES string of the molecule is c1coc(-c2cc3nc(-c4csnn4)c(-c4conn4)c(-c4ccsn4)c3c(-c3nccs3)c2-c2ccon2)n1. The molecule has 0 aliphatic carbocycles. The van der Waals surface area contributed by atoms with Gasteiger partial charge in [-0.15, -0.1) is 21.5 Å². The molecule has 0 fully saturated rings. The minimum Gasteiger partial charge on any atom is -0.445 e. The monoisotopic (exact) mass is 581 g/mol. The van der Waals surface area contributed by atoms with Crippen LogP contribution in [0.1, 0.15) is 0 Å². The molecular formula is C25H11N9O3S3. The van der Waals surface area contributed by atoms with E-state index in [0.717, 1.165) is 27.1 Å². The highest BCUT2D eigenvalue weighted by Crippen LogP contribution is 2.50. The van der Waals surface area contributed by atoms with E-state index < -0.39 is 0 Å². The zero-order chi connectivity index (χ0) is 26.5. The van der Waals surface area contributed by atoms with Crippen LogP contribution in [-0.2, 0) is 0 Å². The summed E-state index contributed by atoms with van der Waals surface area (Å²) in [5.74, 6) is 0.399. The first kappa shape index (κ1) is 22.9. The van der Waals surface area contributed by atoms with Gasteiger partial charge < -0.3 is 13.5 Å². The van der Waals surface area contributed by atoms with Crippen LogP contribution in [0.15, 0.2) is 79.0 Å². The summed E-state index contributed by atoms with van der Waals surface area (Å²) >= 11 is 4.05. The first-order valence-corrected chi connectivity index (χ1v) is 14.1. The lowest BCUT2D eigenvalue weighted by Gasteiger charge is -2.19. The van der Waals surface area contributed by atoms with Gasteiger partial charge in [0.05, 0.1) is 17.4 Å². The van der Waals surface area contributed by atoms with Gasteiger partial charge in [0.15, 0.2) is 6.26 Å². The first-order chi connectivity index (χ1) is 19.9. The van der Waals surface area contributed by atoms with Crippen molar-refractivity contribution < 1.29 is 13.5 Å². The number of hydrogen-bond donors (Lipinski definition) is 0. The molecular weight excluding hydrogens is 571 g/mol. The molecule has 0 saturated carbocycles. The Morgan fingerprint density at radius 2 is 1.77 bits per heavy atom. The lowest BCUT2D eigenvalue weighted by atomic mass is 9.87. The third-order valence-corrected chi connectivity index (χ3v) is 8.05. The number of aromatic nitrogens is 9. The number of nitrogens with zero attached hydrogens (tertiary/aromatic N) is 9. The molecule has 15 heteroatoms. The summed E-state index contributed by atoms with van der Waals surface area (Å²) in [6, 6.07) is 5.66. The zero-order valence-corrected chi connectivity index (χ0v) is 22.3. The van der Waals surface area contributed by atoms with Crippen LogP contribution < -0.4 is 0 Å². The summed E-state index contributed by atoms with van der Waals surface area (Å²) < 4.78 is 25.1. The quantitative estimate of drug-likeness (QED) is 0.214. The molecule has 7 heterocycles. The fourth-order valence-electron chi connectivity index (χ4n) is 4.70. The van der Waals surface area contributed by atoms with Crippen LogP contribution in [-0.4, -0.2) is 44.4 Å². The van der Waals surface area contributed by atoms with Gasteiger partial charge in [0, 0.05) is 66.9 Å². The Bertz CT molecular complexity index is 1890. The highest BCUT2D eigenvalue weighted by Gasteiger charge is 2.30. The standard InChI is InChI=1S/C25H11N9O3S3/c1-5-36-31-13(1)18-12(24-26-3-6-35-24)9-15-20(22(18)25-27-4-8-38-25)19(14-2-7-39-32-14)21(16-10-37-33-29-16)23(28-15)17-11-40-34-30-17/h1-11H. The molecule has 0 N–H and O–H groups in total. The van der Waals surface area contributed by atoms with Gasteiger partial charge in [0.2, 0.25) is 5.89 Å². The van der Waals surface area contributed by atoms with Gasteiger partial charge in [-0.3, -0.25) is 0 Å². The van der Waals surface area contributed by atoms with Crippen molar-refractivity contribution in [3.63, 3.8) is 0 Å². The Hall–Kier alpha value is -4.99. The summed E-state index contributed by atoms with van der Waals surface area (Å²) in [7, 11) is 0.